The van der Waals surface area contributed by atoms with Crippen LogP contribution in [0.4, 0.5) is 0 Å². The zero-order valence-corrected chi connectivity index (χ0v) is 17.6. The van der Waals surface area contributed by atoms with Crippen LogP contribution in [0.25, 0.3) is 10.8 Å². The van der Waals surface area contributed by atoms with Gasteiger partial charge in [0.05, 0.1) is 6.61 Å². The molecule has 166 valence electrons. The Balaban J connectivity index is 1.40. The lowest BCUT2D eigenvalue weighted by Gasteiger charge is -2.47. The fraction of sp³-hybridized carbons (Fsp3) is 0.320. The standard InChI is InChI=1S/C25H25NO6/c1-15(27)26-21-22(28)23-20(14-29-24(32-23)17-9-3-2-4-10-17)31-25(21)30-19-13-7-11-16-8-5-6-12-18(16)19/h2-13,20-25,28H,14H2,1H3,(H,26,27)/t20-,21-,22-,23-,24?,25-/m1/s1. The molecule has 2 heterocycles. The minimum absolute atomic E-state index is 0.226. The van der Waals surface area contributed by atoms with Crippen molar-refractivity contribution in [2.75, 3.05) is 6.61 Å². The molecule has 2 fully saturated rings. The predicted octanol–water partition coefficient (Wildman–Crippen LogP) is 2.92. The van der Waals surface area contributed by atoms with E-state index in [9.17, 15) is 9.90 Å². The summed E-state index contributed by atoms with van der Waals surface area (Å²) < 4.78 is 24.3. The van der Waals surface area contributed by atoms with Gasteiger partial charge in [0.1, 0.15) is 30.1 Å². The van der Waals surface area contributed by atoms with Crippen molar-refractivity contribution in [3.8, 4) is 5.75 Å². The zero-order chi connectivity index (χ0) is 22.1. The molecule has 2 N–H and O–H groups in total. The molecular weight excluding hydrogens is 410 g/mol. The number of benzene rings is 3. The molecule has 7 heteroatoms. The van der Waals surface area contributed by atoms with E-state index in [1.807, 2.05) is 72.8 Å². The van der Waals surface area contributed by atoms with Crippen LogP contribution in [0.5, 0.6) is 5.75 Å². The van der Waals surface area contributed by atoms with Gasteiger partial charge in [0.15, 0.2) is 6.29 Å². The van der Waals surface area contributed by atoms with Gasteiger partial charge in [-0.1, -0.05) is 66.7 Å². The van der Waals surface area contributed by atoms with Crippen molar-refractivity contribution in [2.45, 2.75) is 43.9 Å². The van der Waals surface area contributed by atoms with Gasteiger partial charge in [0.25, 0.3) is 0 Å². The lowest BCUT2D eigenvalue weighted by atomic mass is 9.95. The van der Waals surface area contributed by atoms with Crippen LogP contribution in [0.3, 0.4) is 0 Å². The van der Waals surface area contributed by atoms with E-state index in [0.29, 0.717) is 5.75 Å². The predicted molar refractivity (Wildman–Crippen MR) is 117 cm³/mol. The Labute approximate surface area is 185 Å². The summed E-state index contributed by atoms with van der Waals surface area (Å²) >= 11 is 0. The van der Waals surface area contributed by atoms with Gasteiger partial charge in [-0.25, -0.2) is 0 Å². The number of hydrogen-bond acceptors (Lipinski definition) is 6. The average molecular weight is 435 g/mol. The van der Waals surface area contributed by atoms with E-state index in [1.165, 1.54) is 6.92 Å². The smallest absolute Gasteiger partial charge is 0.223 e. The molecule has 2 aliphatic heterocycles. The van der Waals surface area contributed by atoms with Gasteiger partial charge in [0, 0.05) is 17.9 Å². The van der Waals surface area contributed by atoms with Crippen LogP contribution >= 0.6 is 0 Å². The molecule has 5 rings (SSSR count). The summed E-state index contributed by atoms with van der Waals surface area (Å²) in [6.07, 6.45) is -3.81. The fourth-order valence-corrected chi connectivity index (χ4v) is 4.28. The first-order chi connectivity index (χ1) is 15.6. The van der Waals surface area contributed by atoms with Crippen molar-refractivity contribution in [3.05, 3.63) is 78.4 Å². The van der Waals surface area contributed by atoms with Gasteiger partial charge in [-0.3, -0.25) is 4.79 Å². The number of carbonyl (C=O) groups excluding carboxylic acids is 1. The number of ether oxygens (including phenoxy) is 4. The molecule has 0 radical (unpaired) electrons. The van der Waals surface area contributed by atoms with Gasteiger partial charge >= 0.3 is 0 Å². The number of aliphatic hydroxyl groups is 1. The summed E-state index contributed by atoms with van der Waals surface area (Å²) in [5.41, 5.74) is 0.850. The number of nitrogens with one attached hydrogen (secondary N) is 1. The minimum atomic E-state index is -1.05. The summed E-state index contributed by atoms with van der Waals surface area (Å²) in [5.74, 6) is 0.309. The highest BCUT2D eigenvalue weighted by molar-refractivity contribution is 5.88. The van der Waals surface area contributed by atoms with E-state index in [0.717, 1.165) is 16.3 Å². The molecule has 3 aromatic carbocycles. The maximum atomic E-state index is 11.9. The van der Waals surface area contributed by atoms with Gasteiger partial charge in [0.2, 0.25) is 12.2 Å². The number of hydrogen-bond donors (Lipinski definition) is 2. The summed E-state index contributed by atoms with van der Waals surface area (Å²) in [4.78, 5) is 11.9. The molecule has 6 atom stereocenters. The maximum absolute atomic E-state index is 11.9. The Kier molecular flexibility index (Phi) is 5.80. The number of carbonyl (C=O) groups is 1. The van der Waals surface area contributed by atoms with Crippen LogP contribution in [0.1, 0.15) is 18.8 Å². The lowest BCUT2D eigenvalue weighted by Crippen LogP contribution is -2.67. The summed E-state index contributed by atoms with van der Waals surface area (Å²) in [6, 6.07) is 22.3. The topological polar surface area (TPSA) is 86.3 Å². The van der Waals surface area contributed by atoms with Crippen LogP contribution in [0, 0.1) is 0 Å². The highest BCUT2D eigenvalue weighted by Crippen LogP contribution is 2.36. The summed E-state index contributed by atoms with van der Waals surface area (Å²) in [5, 5.41) is 15.9. The molecule has 0 bridgehead atoms. The first kappa shape index (κ1) is 20.9. The van der Waals surface area contributed by atoms with E-state index in [-0.39, 0.29) is 12.5 Å². The van der Waals surface area contributed by atoms with Crippen molar-refractivity contribution in [1.82, 2.24) is 5.32 Å². The molecule has 7 nitrogen and oxygen atoms in total. The fourth-order valence-electron chi connectivity index (χ4n) is 4.28. The molecular formula is C25H25NO6. The third kappa shape index (κ3) is 4.08. The highest BCUT2D eigenvalue weighted by Gasteiger charge is 2.50. The van der Waals surface area contributed by atoms with Crippen LogP contribution in [0.15, 0.2) is 72.8 Å². The molecule has 3 aromatic rings. The van der Waals surface area contributed by atoms with Crippen molar-refractivity contribution < 1.29 is 28.8 Å². The Bertz CT molecular complexity index is 1080. The number of fused-ring (bicyclic) bond motifs is 2. The Morgan fingerprint density at radius 1 is 1.00 bits per heavy atom. The van der Waals surface area contributed by atoms with E-state index < -0.39 is 36.9 Å². The second-order valence-electron chi connectivity index (χ2n) is 8.03. The third-order valence-electron chi connectivity index (χ3n) is 5.80. The van der Waals surface area contributed by atoms with Crippen molar-refractivity contribution in [3.63, 3.8) is 0 Å². The van der Waals surface area contributed by atoms with Crippen molar-refractivity contribution >= 4 is 16.7 Å². The molecule has 0 aromatic heterocycles. The minimum Gasteiger partial charge on any atom is -0.462 e. The van der Waals surface area contributed by atoms with Gasteiger partial charge in [-0.2, -0.15) is 0 Å². The molecule has 2 aliphatic rings. The number of rotatable bonds is 4. The Morgan fingerprint density at radius 3 is 2.56 bits per heavy atom. The van der Waals surface area contributed by atoms with E-state index >= 15 is 0 Å². The number of amides is 1. The SMILES string of the molecule is CC(=O)N[C@H]1[C@H](Oc2cccc3ccccc23)O[C@@H]2COC(c3ccccc3)O[C@H]2[C@@H]1O. The largest absolute Gasteiger partial charge is 0.462 e. The normalized spacial score (nSPS) is 29.8. The van der Waals surface area contributed by atoms with Crippen LogP contribution in [0.2, 0.25) is 0 Å². The van der Waals surface area contributed by atoms with Crippen molar-refractivity contribution in [2.24, 2.45) is 0 Å². The van der Waals surface area contributed by atoms with Gasteiger partial charge in [-0.05, 0) is 11.5 Å². The van der Waals surface area contributed by atoms with Crippen LogP contribution in [-0.4, -0.2) is 48.3 Å². The molecule has 1 unspecified atom stereocenters. The van der Waals surface area contributed by atoms with E-state index in [1.54, 1.807) is 0 Å². The quantitative estimate of drug-likeness (QED) is 0.656. The van der Waals surface area contributed by atoms with E-state index in [4.69, 9.17) is 18.9 Å². The molecule has 0 aliphatic carbocycles. The van der Waals surface area contributed by atoms with Crippen LogP contribution < -0.4 is 10.1 Å². The van der Waals surface area contributed by atoms with Gasteiger partial charge < -0.3 is 29.4 Å². The molecule has 1 amide bonds. The lowest BCUT2D eigenvalue weighted by molar-refractivity contribution is -0.333. The Hall–Kier alpha value is -2.97. The molecule has 2 saturated heterocycles. The first-order valence-electron chi connectivity index (χ1n) is 10.7. The molecule has 0 saturated carbocycles. The van der Waals surface area contributed by atoms with Gasteiger partial charge in [-0.15, -0.1) is 0 Å². The molecule has 0 spiro atoms. The third-order valence-corrected chi connectivity index (χ3v) is 5.80. The summed E-state index contributed by atoms with van der Waals surface area (Å²) in [6.45, 7) is 1.62. The van der Waals surface area contributed by atoms with E-state index in [2.05, 4.69) is 5.32 Å². The average Bonchev–Trinajstić information content (AvgIpc) is 2.82. The van der Waals surface area contributed by atoms with Crippen molar-refractivity contribution in [1.29, 1.82) is 0 Å². The highest BCUT2D eigenvalue weighted by atomic mass is 16.7. The monoisotopic (exact) mass is 435 g/mol. The summed E-state index contributed by atoms with van der Waals surface area (Å²) in [7, 11) is 0. The maximum Gasteiger partial charge on any atom is 0.223 e. The van der Waals surface area contributed by atoms with Crippen LogP contribution in [-0.2, 0) is 19.0 Å². The second-order valence-corrected chi connectivity index (χ2v) is 8.03. The molecule has 32 heavy (non-hydrogen) atoms. The first-order valence-corrected chi connectivity index (χ1v) is 10.7. The second kappa shape index (κ2) is 8.88. The Morgan fingerprint density at radius 2 is 1.75 bits per heavy atom. The number of aliphatic hydroxyl groups excluding tert-OH is 1. The zero-order valence-electron chi connectivity index (χ0n) is 17.6.